The molecule has 0 saturated heterocycles. The monoisotopic (exact) mass is 568 g/mol. The molecule has 12 N–H and O–H groups in total. The molecule has 3 amide bonds. The highest BCUT2D eigenvalue weighted by molar-refractivity contribution is 5.94. The molecule has 0 aliphatic heterocycles. The highest BCUT2D eigenvalue weighted by Crippen LogP contribution is 2.18. The van der Waals surface area contributed by atoms with E-state index in [1.54, 1.807) is 6.20 Å². The number of hydrogen-bond acceptors (Lipinski definition) is 7. The molecular weight excluding hydrogens is 532 g/mol. The number of carboxylic acid groups (broad SMARTS) is 1. The number of aliphatic imine (C=N–C) groups is 1. The maximum Gasteiger partial charge on any atom is 0.326 e. The van der Waals surface area contributed by atoms with Gasteiger partial charge in [0.1, 0.15) is 18.1 Å². The number of nitrogens with zero attached hydrogens (tertiary/aromatic N) is 2. The van der Waals surface area contributed by atoms with Gasteiger partial charge >= 0.3 is 5.97 Å². The molecule has 3 rings (SSSR count). The van der Waals surface area contributed by atoms with Crippen molar-refractivity contribution in [3.63, 3.8) is 0 Å². The van der Waals surface area contributed by atoms with E-state index in [1.807, 2.05) is 24.3 Å². The fourth-order valence-corrected chi connectivity index (χ4v) is 4.17. The molecule has 0 aliphatic rings. The number of fused-ring (bicyclic) bond motifs is 1. The van der Waals surface area contributed by atoms with Gasteiger partial charge in [-0.1, -0.05) is 18.2 Å². The van der Waals surface area contributed by atoms with E-state index in [0.717, 1.165) is 16.5 Å². The minimum Gasteiger partial charge on any atom is -0.480 e. The number of benzene rings is 1. The molecule has 0 spiro atoms. The van der Waals surface area contributed by atoms with E-state index >= 15 is 0 Å². The molecule has 0 aliphatic carbocycles. The number of para-hydroxylation sites is 1. The molecule has 15 heteroatoms. The zero-order chi connectivity index (χ0) is 29.9. The zero-order valence-electron chi connectivity index (χ0n) is 22.6. The number of rotatable bonds is 15. The number of nitrogens with two attached hydrogens (primary N) is 3. The molecule has 1 aromatic carbocycles. The van der Waals surface area contributed by atoms with E-state index < -0.39 is 47.9 Å². The first-order valence-corrected chi connectivity index (χ1v) is 13.0. The minimum absolute atomic E-state index is 0.0499. The Morgan fingerprint density at radius 3 is 2.41 bits per heavy atom. The summed E-state index contributed by atoms with van der Waals surface area (Å²) >= 11 is 0. The van der Waals surface area contributed by atoms with Crippen molar-refractivity contribution in [2.75, 3.05) is 6.54 Å². The van der Waals surface area contributed by atoms with Gasteiger partial charge in [-0.05, 0) is 37.8 Å². The quantitative estimate of drug-likeness (QED) is 0.0593. The van der Waals surface area contributed by atoms with Crippen LogP contribution < -0.4 is 33.2 Å². The lowest BCUT2D eigenvalue weighted by atomic mass is 10.0. The molecule has 41 heavy (non-hydrogen) atoms. The van der Waals surface area contributed by atoms with Gasteiger partial charge in [0.25, 0.3) is 0 Å². The lowest BCUT2D eigenvalue weighted by Gasteiger charge is -2.23. The Bertz CT molecular complexity index is 1370. The Labute approximate surface area is 235 Å². The number of amides is 3. The predicted molar refractivity (Wildman–Crippen MR) is 151 cm³/mol. The maximum atomic E-state index is 13.2. The van der Waals surface area contributed by atoms with Gasteiger partial charge in [-0.2, -0.15) is 0 Å². The number of carbonyl (C=O) groups excluding carboxylic acids is 3. The predicted octanol–water partition coefficient (Wildman–Crippen LogP) is -1.38. The van der Waals surface area contributed by atoms with Gasteiger partial charge in [-0.3, -0.25) is 19.4 Å². The van der Waals surface area contributed by atoms with Gasteiger partial charge in [-0.15, -0.1) is 0 Å². The van der Waals surface area contributed by atoms with Gasteiger partial charge in [0.15, 0.2) is 5.96 Å². The Morgan fingerprint density at radius 2 is 1.73 bits per heavy atom. The molecule has 0 fully saturated rings. The standard InChI is InChI=1S/C26H36N10O5/c1-14(22(37)35-20(25(40)41)7-4-8-31-26(28)29)34-24(39)21(10-16-12-30-13-33-16)36-23(38)18(27)9-15-11-32-19-6-3-2-5-17(15)19/h2-3,5-6,11-14,18,20-21,32H,4,7-10,27H2,1H3,(H,30,33)(H,34,39)(H,35,37)(H,36,38)(H,40,41)(H4,28,29,31). The Morgan fingerprint density at radius 1 is 1.00 bits per heavy atom. The number of imidazole rings is 1. The lowest BCUT2D eigenvalue weighted by molar-refractivity contribution is -0.142. The Hall–Kier alpha value is -4.92. The smallest absolute Gasteiger partial charge is 0.326 e. The summed E-state index contributed by atoms with van der Waals surface area (Å²) in [5, 5.41) is 18.0. The summed E-state index contributed by atoms with van der Waals surface area (Å²) in [4.78, 5) is 64.3. The van der Waals surface area contributed by atoms with Gasteiger partial charge < -0.3 is 48.2 Å². The maximum absolute atomic E-state index is 13.2. The third-order valence-electron chi connectivity index (χ3n) is 6.38. The lowest BCUT2D eigenvalue weighted by Crippen LogP contribution is -2.57. The fraction of sp³-hybridized carbons (Fsp3) is 0.385. The fourth-order valence-electron chi connectivity index (χ4n) is 4.17. The van der Waals surface area contributed by atoms with Gasteiger partial charge in [-0.25, -0.2) is 9.78 Å². The zero-order valence-corrected chi connectivity index (χ0v) is 22.6. The van der Waals surface area contributed by atoms with Crippen LogP contribution in [0.2, 0.25) is 0 Å². The number of carbonyl (C=O) groups is 4. The van der Waals surface area contributed by atoms with Crippen LogP contribution in [0.15, 0.2) is 48.0 Å². The number of hydrogen-bond donors (Lipinski definition) is 9. The third-order valence-corrected chi connectivity index (χ3v) is 6.38. The average molecular weight is 569 g/mol. The van der Waals surface area contributed by atoms with Gasteiger partial charge in [0, 0.05) is 42.0 Å². The minimum atomic E-state index is -1.24. The number of H-pyrrole nitrogens is 2. The Balaban J connectivity index is 1.62. The van der Waals surface area contributed by atoms with Crippen molar-refractivity contribution in [3.05, 3.63) is 54.2 Å². The second-order valence-electron chi connectivity index (χ2n) is 9.59. The summed E-state index contributed by atoms with van der Waals surface area (Å²) in [6.45, 7) is 1.61. The SMILES string of the molecule is CC(NC(=O)C(Cc1cnc[nH]1)NC(=O)C(N)Cc1c[nH]c2ccccc12)C(=O)NC(CCCN=C(N)N)C(=O)O. The van der Waals surface area contributed by atoms with Crippen molar-refractivity contribution in [2.24, 2.45) is 22.2 Å². The number of nitrogens with one attached hydrogen (secondary N) is 5. The molecule has 220 valence electrons. The van der Waals surface area contributed by atoms with E-state index in [2.05, 4.69) is 35.9 Å². The molecule has 2 heterocycles. The summed E-state index contributed by atoms with van der Waals surface area (Å²) in [7, 11) is 0. The summed E-state index contributed by atoms with van der Waals surface area (Å²) in [5.74, 6) is -3.29. The second kappa shape index (κ2) is 14.5. The van der Waals surface area contributed by atoms with Crippen LogP contribution in [-0.4, -0.2) is 80.4 Å². The average Bonchev–Trinajstić information content (AvgIpc) is 3.59. The molecule has 0 bridgehead atoms. The topological polar surface area (TPSA) is 259 Å². The molecule has 3 aromatic rings. The van der Waals surface area contributed by atoms with Crippen LogP contribution in [0.1, 0.15) is 31.0 Å². The first kappa shape index (κ1) is 30.6. The van der Waals surface area contributed by atoms with Crippen LogP contribution in [0.3, 0.4) is 0 Å². The van der Waals surface area contributed by atoms with Crippen molar-refractivity contribution in [2.45, 2.75) is 56.8 Å². The van der Waals surface area contributed by atoms with Crippen molar-refractivity contribution in [1.82, 2.24) is 30.9 Å². The molecule has 0 radical (unpaired) electrons. The number of carboxylic acids is 1. The van der Waals surface area contributed by atoms with Crippen molar-refractivity contribution < 1.29 is 24.3 Å². The summed E-state index contributed by atoms with van der Waals surface area (Å²) in [6.07, 6.45) is 5.40. The van der Waals surface area contributed by atoms with Crippen LogP contribution >= 0.6 is 0 Å². The molecule has 0 saturated carbocycles. The normalized spacial score (nSPS) is 13.9. The third kappa shape index (κ3) is 9.06. The first-order valence-electron chi connectivity index (χ1n) is 13.0. The van der Waals surface area contributed by atoms with Crippen molar-refractivity contribution >= 4 is 40.6 Å². The summed E-state index contributed by atoms with van der Waals surface area (Å²) in [5.41, 5.74) is 19.1. The first-order chi connectivity index (χ1) is 19.5. The van der Waals surface area contributed by atoms with E-state index in [1.165, 1.54) is 19.4 Å². The summed E-state index contributed by atoms with van der Waals surface area (Å²) < 4.78 is 0. The Kier molecular flexibility index (Phi) is 10.8. The molecule has 4 unspecified atom stereocenters. The molecular formula is C26H36N10O5. The highest BCUT2D eigenvalue weighted by atomic mass is 16.4. The van der Waals surface area contributed by atoms with Crippen LogP contribution in [0.5, 0.6) is 0 Å². The van der Waals surface area contributed by atoms with Crippen LogP contribution in [0, 0.1) is 0 Å². The number of aromatic amines is 2. The molecule has 2 aromatic heterocycles. The van der Waals surface area contributed by atoms with E-state index in [9.17, 15) is 24.3 Å². The van der Waals surface area contributed by atoms with Gasteiger partial charge in [0.2, 0.25) is 17.7 Å². The van der Waals surface area contributed by atoms with Crippen molar-refractivity contribution in [3.8, 4) is 0 Å². The van der Waals surface area contributed by atoms with Gasteiger partial charge in [0.05, 0.1) is 12.4 Å². The second-order valence-corrected chi connectivity index (χ2v) is 9.59. The van der Waals surface area contributed by atoms with Crippen LogP contribution in [0.4, 0.5) is 0 Å². The van der Waals surface area contributed by atoms with Crippen molar-refractivity contribution in [1.29, 1.82) is 0 Å². The summed E-state index contributed by atoms with van der Waals surface area (Å²) in [6, 6.07) is 3.25. The van der Waals surface area contributed by atoms with E-state index in [-0.39, 0.29) is 31.8 Å². The number of aromatic nitrogens is 3. The molecule has 15 nitrogen and oxygen atoms in total. The highest BCUT2D eigenvalue weighted by Gasteiger charge is 2.29. The number of aliphatic carboxylic acids is 1. The number of guanidine groups is 1. The van der Waals surface area contributed by atoms with Crippen LogP contribution in [-0.2, 0) is 32.0 Å². The van der Waals surface area contributed by atoms with Crippen LogP contribution in [0.25, 0.3) is 10.9 Å². The largest absolute Gasteiger partial charge is 0.480 e. The van der Waals surface area contributed by atoms with E-state index in [4.69, 9.17) is 17.2 Å². The molecule has 4 atom stereocenters. The van der Waals surface area contributed by atoms with E-state index in [0.29, 0.717) is 12.1 Å².